The molecule has 43 heavy (non-hydrogen) atoms. The van der Waals surface area contributed by atoms with Gasteiger partial charge in [-0.05, 0) is 48.0 Å². The first kappa shape index (κ1) is 39.6. The molecule has 1 aliphatic rings. The van der Waals surface area contributed by atoms with Gasteiger partial charge in [-0.2, -0.15) is 5.26 Å². The van der Waals surface area contributed by atoms with E-state index in [9.17, 15) is 4.79 Å². The molecule has 1 saturated heterocycles. The Hall–Kier alpha value is -1.44. The van der Waals surface area contributed by atoms with Crippen LogP contribution in [-0.4, -0.2) is 103 Å². The molecule has 0 saturated carbocycles. The van der Waals surface area contributed by atoms with Gasteiger partial charge >= 0.3 is 0 Å². The second-order valence-electron chi connectivity index (χ2n) is 10.7. The van der Waals surface area contributed by atoms with E-state index in [0.717, 1.165) is 32.2 Å². The smallest absolute Gasteiger partial charge is 0.258 e. The third-order valence-corrected chi connectivity index (χ3v) is 8.88. The number of rotatable bonds is 16. The minimum absolute atomic E-state index is 0.0602. The monoisotopic (exact) mass is 738 g/mol. The van der Waals surface area contributed by atoms with E-state index >= 15 is 0 Å². The van der Waals surface area contributed by atoms with Crippen molar-refractivity contribution in [1.29, 1.82) is 5.26 Å². The standard InChI is InChI=1S/C18H31IN6O3.C10H21N2O2P/c1-5-6-7-21-18(20-4)23-17-15(10-26)22-12-25(17)16-9-24(13(2)3)8-14(28-16)11-27-19;1-9(2)12(10(3)4)15(13-5)14-8-6-7-11/h10,12-14,16H,5-9,11H2,1-4H3,(H2,20,21,23);9-10H,6,8H2,1-5H3. The third kappa shape index (κ3) is 13.6. The summed E-state index contributed by atoms with van der Waals surface area (Å²) in [5.41, 5.74) is 0.324. The normalized spacial score (nSPS) is 18.5. The van der Waals surface area contributed by atoms with E-state index in [1.807, 2.05) is 27.6 Å². The molecule has 3 unspecified atom stereocenters. The van der Waals surface area contributed by atoms with Gasteiger partial charge in [0.05, 0.1) is 38.1 Å². The fourth-order valence-electron chi connectivity index (χ4n) is 4.42. The minimum Gasteiger partial charge on any atom is -0.356 e. The molecule has 3 atom stereocenters. The van der Waals surface area contributed by atoms with Crippen LogP contribution in [0.4, 0.5) is 5.82 Å². The second-order valence-corrected chi connectivity index (χ2v) is 12.9. The van der Waals surface area contributed by atoms with Crippen LogP contribution in [-0.2, 0) is 16.9 Å². The fourth-order valence-corrected chi connectivity index (χ4v) is 6.25. The van der Waals surface area contributed by atoms with Gasteiger partial charge in [-0.1, -0.05) is 13.3 Å². The van der Waals surface area contributed by atoms with Crippen LogP contribution in [0.25, 0.3) is 0 Å². The van der Waals surface area contributed by atoms with Gasteiger partial charge in [-0.3, -0.25) is 19.3 Å². The van der Waals surface area contributed by atoms with Crippen molar-refractivity contribution >= 4 is 49.6 Å². The number of carbonyl (C=O) groups is 1. The summed E-state index contributed by atoms with van der Waals surface area (Å²) < 4.78 is 26.5. The molecule has 2 N–H and O–H groups in total. The number of hydrogen-bond donors (Lipinski definition) is 2. The molecule has 13 nitrogen and oxygen atoms in total. The van der Waals surface area contributed by atoms with Crippen molar-refractivity contribution in [2.45, 2.75) is 98.2 Å². The summed E-state index contributed by atoms with van der Waals surface area (Å²) in [6.45, 7) is 18.1. The number of nitrogens with one attached hydrogen (secondary N) is 2. The third-order valence-electron chi connectivity index (χ3n) is 6.50. The summed E-state index contributed by atoms with van der Waals surface area (Å²) in [5.74, 6) is 1.17. The van der Waals surface area contributed by atoms with E-state index in [4.69, 9.17) is 22.1 Å². The fraction of sp³-hybridized carbons (Fsp3) is 0.786. The van der Waals surface area contributed by atoms with Crippen LogP contribution >= 0.6 is 31.5 Å². The molecule has 0 radical (unpaired) electrons. The van der Waals surface area contributed by atoms with Gasteiger partial charge in [0.15, 0.2) is 12.2 Å². The van der Waals surface area contributed by atoms with Crippen molar-refractivity contribution in [3.8, 4) is 6.07 Å². The minimum atomic E-state index is -1.03. The van der Waals surface area contributed by atoms with Crippen LogP contribution in [0.1, 0.15) is 84.4 Å². The van der Waals surface area contributed by atoms with Gasteiger partial charge in [0.2, 0.25) is 0 Å². The van der Waals surface area contributed by atoms with Gasteiger partial charge in [0.25, 0.3) is 8.53 Å². The average Bonchev–Trinajstić information content (AvgIpc) is 3.38. The summed E-state index contributed by atoms with van der Waals surface area (Å²) in [7, 11) is 2.32. The van der Waals surface area contributed by atoms with Crippen molar-refractivity contribution in [2.75, 3.05) is 52.3 Å². The highest BCUT2D eigenvalue weighted by Crippen LogP contribution is 2.44. The molecule has 15 heteroatoms. The Morgan fingerprint density at radius 3 is 2.53 bits per heavy atom. The van der Waals surface area contributed by atoms with Crippen LogP contribution in [0.2, 0.25) is 0 Å². The maximum Gasteiger partial charge on any atom is 0.258 e. The largest absolute Gasteiger partial charge is 0.356 e. The lowest BCUT2D eigenvalue weighted by Crippen LogP contribution is -2.49. The van der Waals surface area contributed by atoms with Gasteiger partial charge in [0.1, 0.15) is 40.7 Å². The Bertz CT molecular complexity index is 983. The topological polar surface area (TPSA) is 139 Å². The first-order valence-corrected chi connectivity index (χ1v) is 16.8. The Balaban J connectivity index is 0.000000523. The number of guanidine groups is 1. The number of nitrogens with zero attached hydrogens (tertiary/aromatic N) is 6. The molecule has 1 fully saturated rings. The van der Waals surface area contributed by atoms with Crippen molar-refractivity contribution in [2.24, 2.45) is 4.99 Å². The van der Waals surface area contributed by atoms with Crippen LogP contribution in [0.3, 0.4) is 0 Å². The number of aldehydes is 1. The molecule has 0 spiro atoms. The zero-order chi connectivity index (χ0) is 32.4. The number of imidazole rings is 1. The molecule has 0 aliphatic carbocycles. The van der Waals surface area contributed by atoms with Crippen LogP contribution in [0.15, 0.2) is 11.3 Å². The van der Waals surface area contributed by atoms with E-state index in [1.165, 1.54) is 0 Å². The summed E-state index contributed by atoms with van der Waals surface area (Å²) in [4.78, 5) is 22.4. The number of hydrogen-bond acceptors (Lipinski definition) is 10. The highest BCUT2D eigenvalue weighted by atomic mass is 127. The van der Waals surface area contributed by atoms with Crippen molar-refractivity contribution in [3.63, 3.8) is 0 Å². The number of nitriles is 1. The molecule has 1 aliphatic heterocycles. The molecule has 2 rings (SSSR count). The molecule has 1 aromatic rings. The van der Waals surface area contributed by atoms with E-state index in [2.05, 4.69) is 84.7 Å². The zero-order valence-corrected chi connectivity index (χ0v) is 30.3. The number of anilines is 1. The van der Waals surface area contributed by atoms with Crippen molar-refractivity contribution in [1.82, 2.24) is 24.4 Å². The SMILES string of the molecule is CCCCNC(=NC)Nc1c(C=O)ncn1C1CN(C(C)C)CC(COI)O1.COP(OCCC#N)N(C(C)C)C(C)C. The van der Waals surface area contributed by atoms with Crippen LogP contribution in [0.5, 0.6) is 0 Å². The number of carbonyl (C=O) groups excluding carboxylic acids is 1. The van der Waals surface area contributed by atoms with E-state index in [-0.39, 0.29) is 12.3 Å². The van der Waals surface area contributed by atoms with E-state index in [0.29, 0.717) is 61.8 Å². The van der Waals surface area contributed by atoms with E-state index < -0.39 is 8.53 Å². The molecule has 0 bridgehead atoms. The molecule has 2 heterocycles. The molecular weight excluding hydrogens is 686 g/mol. The molecule has 1 aromatic heterocycles. The lowest BCUT2D eigenvalue weighted by Gasteiger charge is -2.40. The number of ether oxygens (including phenoxy) is 1. The number of morpholine rings is 1. The first-order valence-electron chi connectivity index (χ1n) is 14.8. The summed E-state index contributed by atoms with van der Waals surface area (Å²) in [5, 5.41) is 14.9. The lowest BCUT2D eigenvalue weighted by molar-refractivity contribution is -0.133. The lowest BCUT2D eigenvalue weighted by atomic mass is 10.2. The highest BCUT2D eigenvalue weighted by molar-refractivity contribution is 14.1. The first-order chi connectivity index (χ1) is 20.6. The maximum atomic E-state index is 11.5. The molecule has 0 aromatic carbocycles. The summed E-state index contributed by atoms with van der Waals surface area (Å²) in [6, 6.07) is 3.17. The van der Waals surface area contributed by atoms with Crippen LogP contribution < -0.4 is 10.6 Å². The predicted octanol–water partition coefficient (Wildman–Crippen LogP) is 5.37. The van der Waals surface area contributed by atoms with Crippen molar-refractivity contribution in [3.05, 3.63) is 12.0 Å². The Labute approximate surface area is 273 Å². The zero-order valence-electron chi connectivity index (χ0n) is 27.2. The molecule has 0 amide bonds. The Kier molecular flexibility index (Phi) is 20.4. The molecular formula is C28H52IN8O5P. The molecule has 246 valence electrons. The quantitative estimate of drug-likeness (QED) is 0.0566. The average molecular weight is 739 g/mol. The number of unbranched alkanes of at least 4 members (excludes halogenated alkanes) is 1. The van der Waals surface area contributed by atoms with Gasteiger partial charge in [-0.15, -0.1) is 0 Å². The Morgan fingerprint density at radius 1 is 1.33 bits per heavy atom. The van der Waals surface area contributed by atoms with Gasteiger partial charge in [-0.25, -0.2) is 9.65 Å². The summed E-state index contributed by atoms with van der Waals surface area (Å²) in [6.07, 6.45) is 4.57. The van der Waals surface area contributed by atoms with Gasteiger partial charge < -0.3 is 27.5 Å². The van der Waals surface area contributed by atoms with E-state index in [1.54, 1.807) is 20.5 Å². The predicted molar refractivity (Wildman–Crippen MR) is 180 cm³/mol. The summed E-state index contributed by atoms with van der Waals surface area (Å²) >= 11 is 1.89. The maximum absolute atomic E-state index is 11.5. The Morgan fingerprint density at radius 2 is 2.02 bits per heavy atom. The number of aromatic nitrogens is 2. The van der Waals surface area contributed by atoms with Crippen LogP contribution in [0, 0.1) is 11.3 Å². The second kappa shape index (κ2) is 22.1. The van der Waals surface area contributed by atoms with Crippen molar-refractivity contribution < 1.29 is 21.6 Å². The van der Waals surface area contributed by atoms with Gasteiger partial charge in [0, 0.05) is 51.9 Å². The highest BCUT2D eigenvalue weighted by Gasteiger charge is 2.32. The number of aliphatic imine (C=N–C) groups is 1. The number of halogens is 1.